The number of fused-ring (bicyclic) bond motifs is 1. The molecule has 1 aliphatic heterocycles. The van der Waals surface area contributed by atoms with Gasteiger partial charge in [0, 0.05) is 16.5 Å². The van der Waals surface area contributed by atoms with E-state index in [-0.39, 0.29) is 5.88 Å². The maximum absolute atomic E-state index is 10.7. The Morgan fingerprint density at radius 2 is 2.20 bits per heavy atom. The molecular weight excluding hydrogens is 350 g/mol. The van der Waals surface area contributed by atoms with E-state index in [4.69, 9.17) is 20.8 Å². The normalized spacial score (nSPS) is 14.7. The van der Waals surface area contributed by atoms with E-state index >= 15 is 0 Å². The third-order valence-electron chi connectivity index (χ3n) is 3.09. The summed E-state index contributed by atoms with van der Waals surface area (Å²) < 4.78 is 11.7. The van der Waals surface area contributed by atoms with Gasteiger partial charge in [-0.25, -0.2) is 0 Å². The van der Waals surface area contributed by atoms with E-state index in [2.05, 4.69) is 15.9 Å². The molecule has 3 rings (SSSR count). The van der Waals surface area contributed by atoms with E-state index in [1.807, 2.05) is 12.1 Å². The Morgan fingerprint density at radius 3 is 2.90 bits per heavy atom. The number of nitrogens with zero attached hydrogens (tertiary/aromatic N) is 1. The molecule has 2 aromatic rings. The summed E-state index contributed by atoms with van der Waals surface area (Å²) in [5, 5.41) is 10.0. The van der Waals surface area contributed by atoms with Crippen LogP contribution in [0.3, 0.4) is 0 Å². The third-order valence-corrected chi connectivity index (χ3v) is 4.00. The highest BCUT2D eigenvalue weighted by atomic mass is 79.9. The minimum atomic E-state index is -0.631. The molecule has 5 nitrogen and oxygen atoms in total. The van der Waals surface area contributed by atoms with Crippen LogP contribution >= 0.6 is 27.5 Å². The average molecular weight is 359 g/mol. The fourth-order valence-electron chi connectivity index (χ4n) is 2.22. The molecule has 0 fully saturated rings. The molecule has 1 unspecified atom stereocenters. The maximum Gasteiger partial charge on any atom is 0.433 e. The fraction of sp³-hybridized carbons (Fsp3) is 0.231. The predicted octanol–water partition coefficient (Wildman–Crippen LogP) is 4.21. The third kappa shape index (κ3) is 2.29. The first-order valence-electron chi connectivity index (χ1n) is 5.89. The number of furan rings is 1. The number of ether oxygens (including phenoxy) is 1. The second-order valence-corrected chi connectivity index (χ2v) is 5.73. The molecule has 0 N–H and O–H groups in total. The summed E-state index contributed by atoms with van der Waals surface area (Å²) in [6.45, 7) is 0.612. The van der Waals surface area contributed by atoms with Crippen LogP contribution in [0.5, 0.6) is 5.75 Å². The van der Waals surface area contributed by atoms with Crippen molar-refractivity contribution in [1.82, 2.24) is 0 Å². The Balaban J connectivity index is 2.02. The van der Waals surface area contributed by atoms with Gasteiger partial charge in [0.15, 0.2) is 0 Å². The SMILES string of the molecule is O=[N+]([O-])c1ccc(C(Cl)c2cc(Br)cc3c2OCC3)o1. The lowest BCUT2D eigenvalue weighted by molar-refractivity contribution is -0.402. The fourth-order valence-corrected chi connectivity index (χ4v) is 3.02. The van der Waals surface area contributed by atoms with Crippen molar-refractivity contribution in [3.63, 3.8) is 0 Å². The van der Waals surface area contributed by atoms with Gasteiger partial charge in [0.1, 0.15) is 21.8 Å². The van der Waals surface area contributed by atoms with Gasteiger partial charge in [0.25, 0.3) is 0 Å². The van der Waals surface area contributed by atoms with Crippen LogP contribution in [0.15, 0.2) is 33.2 Å². The summed E-state index contributed by atoms with van der Waals surface area (Å²) in [6.07, 6.45) is 0.823. The summed E-state index contributed by atoms with van der Waals surface area (Å²) >= 11 is 9.82. The van der Waals surface area contributed by atoms with Crippen LogP contribution in [0.25, 0.3) is 0 Å². The van der Waals surface area contributed by atoms with Gasteiger partial charge in [-0.15, -0.1) is 11.6 Å². The molecule has 7 heteroatoms. The van der Waals surface area contributed by atoms with Crippen molar-refractivity contribution in [2.24, 2.45) is 0 Å². The number of rotatable bonds is 3. The van der Waals surface area contributed by atoms with Crippen LogP contribution in [0.2, 0.25) is 0 Å². The van der Waals surface area contributed by atoms with Crippen molar-refractivity contribution in [3.8, 4) is 5.75 Å². The number of benzene rings is 1. The second kappa shape index (κ2) is 5.10. The Kier molecular flexibility index (Phi) is 3.43. The second-order valence-electron chi connectivity index (χ2n) is 4.38. The zero-order valence-electron chi connectivity index (χ0n) is 10.1. The molecule has 0 saturated carbocycles. The van der Waals surface area contributed by atoms with E-state index in [1.165, 1.54) is 12.1 Å². The van der Waals surface area contributed by atoms with Crippen LogP contribution in [0.1, 0.15) is 22.3 Å². The first-order valence-corrected chi connectivity index (χ1v) is 7.12. The smallest absolute Gasteiger partial charge is 0.433 e. The highest BCUT2D eigenvalue weighted by molar-refractivity contribution is 9.10. The Morgan fingerprint density at radius 1 is 1.40 bits per heavy atom. The summed E-state index contributed by atoms with van der Waals surface area (Å²) in [6, 6.07) is 6.64. The lowest BCUT2D eigenvalue weighted by Gasteiger charge is -2.12. The topological polar surface area (TPSA) is 65.5 Å². The lowest BCUT2D eigenvalue weighted by atomic mass is 10.0. The van der Waals surface area contributed by atoms with Gasteiger partial charge in [-0.05, 0) is 23.8 Å². The van der Waals surface area contributed by atoms with Crippen molar-refractivity contribution in [2.45, 2.75) is 11.8 Å². The van der Waals surface area contributed by atoms with Crippen molar-refractivity contribution in [3.05, 3.63) is 55.7 Å². The van der Waals surface area contributed by atoms with Crippen molar-refractivity contribution in [2.75, 3.05) is 6.61 Å². The molecule has 0 saturated heterocycles. The molecule has 1 atom stereocenters. The van der Waals surface area contributed by atoms with Crippen LogP contribution in [0.4, 0.5) is 5.88 Å². The largest absolute Gasteiger partial charge is 0.493 e. The van der Waals surface area contributed by atoms with Crippen LogP contribution in [-0.4, -0.2) is 11.5 Å². The van der Waals surface area contributed by atoms with E-state index in [1.54, 1.807) is 0 Å². The number of hydrogen-bond acceptors (Lipinski definition) is 4. The molecule has 104 valence electrons. The first-order chi connectivity index (χ1) is 9.56. The molecule has 0 bridgehead atoms. The molecule has 0 spiro atoms. The Bertz CT molecular complexity index is 685. The number of nitro groups is 1. The van der Waals surface area contributed by atoms with Crippen LogP contribution < -0.4 is 4.74 Å². The quantitative estimate of drug-likeness (QED) is 0.468. The molecule has 20 heavy (non-hydrogen) atoms. The minimum Gasteiger partial charge on any atom is -0.493 e. The highest BCUT2D eigenvalue weighted by Crippen LogP contribution is 2.42. The molecule has 0 aliphatic carbocycles. The van der Waals surface area contributed by atoms with Gasteiger partial charge in [0.05, 0.1) is 12.7 Å². The molecule has 0 amide bonds. The van der Waals surface area contributed by atoms with E-state index in [0.717, 1.165) is 27.8 Å². The zero-order chi connectivity index (χ0) is 14.3. The first kappa shape index (κ1) is 13.5. The summed E-state index contributed by atoms with van der Waals surface area (Å²) in [5.74, 6) is 0.750. The number of hydrogen-bond donors (Lipinski definition) is 0. The maximum atomic E-state index is 10.7. The highest BCUT2D eigenvalue weighted by Gasteiger charge is 2.26. The molecule has 1 aromatic heterocycles. The molecule has 2 heterocycles. The van der Waals surface area contributed by atoms with Crippen molar-refractivity contribution >= 4 is 33.4 Å². The standard InChI is InChI=1S/C13H9BrClNO4/c14-8-5-7-3-4-19-13(7)9(6-8)12(15)10-1-2-11(20-10)16(17)18/h1-2,5-6,12H,3-4H2. The molecule has 1 aromatic carbocycles. The summed E-state index contributed by atoms with van der Waals surface area (Å²) in [5.41, 5.74) is 1.82. The average Bonchev–Trinajstić information content (AvgIpc) is 3.05. The minimum absolute atomic E-state index is 0.321. The zero-order valence-corrected chi connectivity index (χ0v) is 12.5. The molecular formula is C13H9BrClNO4. The Hall–Kier alpha value is -1.53. The molecule has 0 radical (unpaired) electrons. The van der Waals surface area contributed by atoms with Gasteiger partial charge in [-0.2, -0.15) is 0 Å². The van der Waals surface area contributed by atoms with E-state index < -0.39 is 10.3 Å². The van der Waals surface area contributed by atoms with Gasteiger partial charge in [-0.1, -0.05) is 15.9 Å². The number of alkyl halides is 1. The summed E-state index contributed by atoms with van der Waals surface area (Å²) in [7, 11) is 0. The van der Waals surface area contributed by atoms with Gasteiger partial charge in [0.2, 0.25) is 0 Å². The Labute approximate surface area is 127 Å². The van der Waals surface area contributed by atoms with Gasteiger partial charge in [-0.3, -0.25) is 10.1 Å². The monoisotopic (exact) mass is 357 g/mol. The van der Waals surface area contributed by atoms with Crippen LogP contribution in [0, 0.1) is 10.1 Å². The lowest BCUT2D eigenvalue weighted by Crippen LogP contribution is -1.96. The number of halogens is 2. The van der Waals surface area contributed by atoms with Crippen LogP contribution in [-0.2, 0) is 6.42 Å². The van der Waals surface area contributed by atoms with Crippen molar-refractivity contribution < 1.29 is 14.1 Å². The summed E-state index contributed by atoms with van der Waals surface area (Å²) in [4.78, 5) is 10.1. The van der Waals surface area contributed by atoms with Crippen molar-refractivity contribution in [1.29, 1.82) is 0 Å². The van der Waals surface area contributed by atoms with E-state index in [9.17, 15) is 10.1 Å². The van der Waals surface area contributed by atoms with Gasteiger partial charge < -0.3 is 9.15 Å². The molecule has 1 aliphatic rings. The van der Waals surface area contributed by atoms with E-state index in [0.29, 0.717) is 12.4 Å². The predicted molar refractivity (Wildman–Crippen MR) is 76.4 cm³/mol. The van der Waals surface area contributed by atoms with Gasteiger partial charge >= 0.3 is 5.88 Å².